The molecule has 1 aromatic carbocycles. The van der Waals surface area contributed by atoms with Gasteiger partial charge in [-0.1, -0.05) is 0 Å². The third kappa shape index (κ3) is 3.43. The molecule has 0 unspecified atom stereocenters. The highest BCUT2D eigenvalue weighted by molar-refractivity contribution is 5.77. The van der Waals surface area contributed by atoms with Crippen molar-refractivity contribution in [3.05, 3.63) is 23.8 Å². The van der Waals surface area contributed by atoms with Gasteiger partial charge in [0.25, 0.3) is 0 Å². The second kappa shape index (κ2) is 5.97. The molecule has 88 valence electrons. The largest absolute Gasteiger partial charge is 0.508 e. The number of hydrogen-bond acceptors (Lipinski definition) is 4. The van der Waals surface area contributed by atoms with E-state index < -0.39 is 0 Å². The van der Waals surface area contributed by atoms with Gasteiger partial charge in [-0.2, -0.15) is 0 Å². The maximum Gasteiger partial charge on any atom is 0.233 e. The first kappa shape index (κ1) is 12.3. The maximum absolute atomic E-state index is 10.9. The van der Waals surface area contributed by atoms with Crippen molar-refractivity contribution in [1.29, 1.82) is 0 Å². The van der Waals surface area contributed by atoms with E-state index >= 15 is 0 Å². The van der Waals surface area contributed by atoms with Crippen molar-refractivity contribution >= 4 is 5.91 Å². The van der Waals surface area contributed by atoms with E-state index in [9.17, 15) is 9.90 Å². The summed E-state index contributed by atoms with van der Waals surface area (Å²) in [6.45, 7) is 0.629. The average Bonchev–Trinajstić information content (AvgIpc) is 2.31. The van der Waals surface area contributed by atoms with E-state index in [1.54, 1.807) is 32.4 Å². The van der Waals surface area contributed by atoms with Crippen molar-refractivity contribution in [1.82, 2.24) is 10.6 Å². The molecule has 0 fully saturated rings. The number of ether oxygens (including phenoxy) is 1. The van der Waals surface area contributed by atoms with Crippen LogP contribution in [0.3, 0.4) is 0 Å². The summed E-state index contributed by atoms with van der Waals surface area (Å²) in [5.74, 6) is 0.766. The third-order valence-corrected chi connectivity index (χ3v) is 2.17. The van der Waals surface area contributed by atoms with Crippen LogP contribution in [0.1, 0.15) is 5.56 Å². The monoisotopic (exact) mass is 224 g/mol. The molecule has 1 amide bonds. The van der Waals surface area contributed by atoms with Gasteiger partial charge >= 0.3 is 0 Å². The summed E-state index contributed by atoms with van der Waals surface area (Å²) in [6.07, 6.45) is 0. The summed E-state index contributed by atoms with van der Waals surface area (Å²) in [5, 5.41) is 15.0. The zero-order valence-corrected chi connectivity index (χ0v) is 9.41. The summed E-state index contributed by atoms with van der Waals surface area (Å²) < 4.78 is 5.04. The van der Waals surface area contributed by atoms with E-state index in [2.05, 4.69) is 10.6 Å². The van der Waals surface area contributed by atoms with Gasteiger partial charge in [0.2, 0.25) is 5.91 Å². The molecule has 0 saturated carbocycles. The van der Waals surface area contributed by atoms with Crippen molar-refractivity contribution in [3.63, 3.8) is 0 Å². The van der Waals surface area contributed by atoms with Gasteiger partial charge in [-0.15, -0.1) is 0 Å². The van der Waals surface area contributed by atoms with Gasteiger partial charge in [0, 0.05) is 19.2 Å². The van der Waals surface area contributed by atoms with Gasteiger partial charge in [-0.25, -0.2) is 0 Å². The second-order valence-electron chi connectivity index (χ2n) is 3.27. The quantitative estimate of drug-likeness (QED) is 0.670. The smallest absolute Gasteiger partial charge is 0.233 e. The van der Waals surface area contributed by atoms with Crippen LogP contribution in [-0.4, -0.2) is 31.7 Å². The molecule has 0 aromatic heterocycles. The van der Waals surface area contributed by atoms with Crippen molar-refractivity contribution in [2.75, 3.05) is 20.7 Å². The second-order valence-corrected chi connectivity index (χ2v) is 3.27. The lowest BCUT2D eigenvalue weighted by atomic mass is 10.2. The number of aromatic hydroxyl groups is 1. The van der Waals surface area contributed by atoms with Gasteiger partial charge in [-0.05, 0) is 18.2 Å². The first-order valence-corrected chi connectivity index (χ1v) is 4.94. The summed E-state index contributed by atoms with van der Waals surface area (Å²) in [5.41, 5.74) is 0.697. The number of carbonyl (C=O) groups is 1. The van der Waals surface area contributed by atoms with Crippen molar-refractivity contribution in [3.8, 4) is 11.5 Å². The highest BCUT2D eigenvalue weighted by Gasteiger charge is 2.04. The molecule has 5 nitrogen and oxygen atoms in total. The minimum absolute atomic E-state index is 0.0950. The summed E-state index contributed by atoms with van der Waals surface area (Å²) in [4.78, 5) is 10.9. The normalized spacial score (nSPS) is 9.88. The van der Waals surface area contributed by atoms with E-state index in [-0.39, 0.29) is 18.2 Å². The van der Waals surface area contributed by atoms with Crippen LogP contribution in [0.5, 0.6) is 11.5 Å². The fourth-order valence-corrected chi connectivity index (χ4v) is 1.23. The highest BCUT2D eigenvalue weighted by Crippen LogP contribution is 2.22. The van der Waals surface area contributed by atoms with E-state index in [0.717, 1.165) is 0 Å². The number of nitrogens with one attached hydrogen (secondary N) is 2. The standard InChI is InChI=1S/C11H16N2O3/c1-12-11(15)7-13-6-8-5-9(16-2)3-4-10(8)14/h3-5,13-14H,6-7H2,1-2H3,(H,12,15). The fourth-order valence-electron chi connectivity index (χ4n) is 1.23. The predicted molar refractivity (Wildman–Crippen MR) is 60.4 cm³/mol. The van der Waals surface area contributed by atoms with E-state index in [4.69, 9.17) is 4.74 Å². The number of benzene rings is 1. The first-order chi connectivity index (χ1) is 7.67. The SMILES string of the molecule is CNC(=O)CNCc1cc(OC)ccc1O. The molecule has 0 spiro atoms. The molecule has 0 aliphatic heterocycles. The van der Waals surface area contributed by atoms with Crippen LogP contribution in [0.2, 0.25) is 0 Å². The molecular weight excluding hydrogens is 208 g/mol. The number of likely N-dealkylation sites (N-methyl/N-ethyl adjacent to an activating group) is 1. The van der Waals surface area contributed by atoms with E-state index in [1.807, 2.05) is 0 Å². The van der Waals surface area contributed by atoms with Gasteiger partial charge < -0.3 is 20.5 Å². The molecule has 1 aromatic rings. The Morgan fingerprint density at radius 2 is 2.25 bits per heavy atom. The Kier molecular flexibility index (Phi) is 4.60. The van der Waals surface area contributed by atoms with Gasteiger partial charge in [0.05, 0.1) is 13.7 Å². The Morgan fingerprint density at radius 3 is 2.88 bits per heavy atom. The summed E-state index contributed by atoms with van der Waals surface area (Å²) in [7, 11) is 3.14. The molecule has 0 atom stereocenters. The first-order valence-electron chi connectivity index (χ1n) is 4.94. The molecule has 0 aliphatic carbocycles. The third-order valence-electron chi connectivity index (χ3n) is 2.17. The zero-order chi connectivity index (χ0) is 12.0. The average molecular weight is 224 g/mol. The lowest BCUT2D eigenvalue weighted by Crippen LogP contribution is -2.30. The Hall–Kier alpha value is -1.75. The van der Waals surface area contributed by atoms with Crippen LogP contribution in [0, 0.1) is 0 Å². The molecule has 5 heteroatoms. The minimum Gasteiger partial charge on any atom is -0.508 e. The van der Waals surface area contributed by atoms with E-state index in [1.165, 1.54) is 0 Å². The highest BCUT2D eigenvalue weighted by atomic mass is 16.5. The number of amides is 1. The topological polar surface area (TPSA) is 70.6 Å². The summed E-state index contributed by atoms with van der Waals surface area (Å²) in [6, 6.07) is 4.97. The number of hydrogen-bond donors (Lipinski definition) is 3. The van der Waals surface area contributed by atoms with Crippen LogP contribution in [-0.2, 0) is 11.3 Å². The number of phenolic OH excluding ortho intramolecular Hbond substituents is 1. The number of methoxy groups -OCH3 is 1. The Balaban J connectivity index is 2.55. The molecule has 0 heterocycles. The Morgan fingerprint density at radius 1 is 1.50 bits per heavy atom. The molecule has 0 aliphatic rings. The lowest BCUT2D eigenvalue weighted by Gasteiger charge is -2.08. The van der Waals surface area contributed by atoms with Crippen LogP contribution in [0.4, 0.5) is 0 Å². The molecule has 1 rings (SSSR count). The molecular formula is C11H16N2O3. The lowest BCUT2D eigenvalue weighted by molar-refractivity contribution is -0.119. The maximum atomic E-state index is 10.9. The van der Waals surface area contributed by atoms with Crippen molar-refractivity contribution < 1.29 is 14.6 Å². The Labute approximate surface area is 94.4 Å². The van der Waals surface area contributed by atoms with Gasteiger partial charge in [-0.3, -0.25) is 4.79 Å². The number of phenols is 1. The number of carbonyl (C=O) groups excluding carboxylic acids is 1. The van der Waals surface area contributed by atoms with Crippen LogP contribution < -0.4 is 15.4 Å². The summed E-state index contributed by atoms with van der Waals surface area (Å²) >= 11 is 0. The fraction of sp³-hybridized carbons (Fsp3) is 0.364. The minimum atomic E-state index is -0.0950. The van der Waals surface area contributed by atoms with Crippen LogP contribution >= 0.6 is 0 Å². The predicted octanol–water partition coefficient (Wildman–Crippen LogP) is 0.236. The van der Waals surface area contributed by atoms with Gasteiger partial charge in [0.1, 0.15) is 11.5 Å². The number of rotatable bonds is 5. The van der Waals surface area contributed by atoms with Crippen LogP contribution in [0.25, 0.3) is 0 Å². The molecule has 16 heavy (non-hydrogen) atoms. The molecule has 0 saturated heterocycles. The molecule has 3 N–H and O–H groups in total. The zero-order valence-electron chi connectivity index (χ0n) is 9.41. The van der Waals surface area contributed by atoms with Crippen molar-refractivity contribution in [2.45, 2.75) is 6.54 Å². The van der Waals surface area contributed by atoms with Crippen LogP contribution in [0.15, 0.2) is 18.2 Å². The Bertz CT molecular complexity index is 366. The molecule has 0 bridgehead atoms. The molecule has 0 radical (unpaired) electrons. The van der Waals surface area contributed by atoms with E-state index in [0.29, 0.717) is 17.9 Å². The van der Waals surface area contributed by atoms with Crippen molar-refractivity contribution in [2.24, 2.45) is 0 Å². The van der Waals surface area contributed by atoms with Gasteiger partial charge in [0.15, 0.2) is 0 Å².